The number of hydrogen-bond donors (Lipinski definition) is 3. The molecule has 1 aromatic carbocycles. The molecule has 0 spiro atoms. The Morgan fingerprint density at radius 2 is 1.95 bits per heavy atom. The Balaban J connectivity index is 1.98. The van der Waals surface area contributed by atoms with Crippen LogP contribution in [0.5, 0.6) is 0 Å². The van der Waals surface area contributed by atoms with Gasteiger partial charge < -0.3 is 10.4 Å². The van der Waals surface area contributed by atoms with Gasteiger partial charge in [-0.05, 0) is 37.5 Å². The summed E-state index contributed by atoms with van der Waals surface area (Å²) in [5, 5.41) is 17.7. The van der Waals surface area contributed by atoms with Crippen molar-refractivity contribution in [3.63, 3.8) is 0 Å². The maximum Gasteiger partial charge on any atom is 0.238 e. The van der Waals surface area contributed by atoms with Gasteiger partial charge in [-0.15, -0.1) is 0 Å². The number of nitrogens with two attached hydrogens (primary N) is 1. The highest BCUT2D eigenvalue weighted by Crippen LogP contribution is 2.44. The molecule has 1 aliphatic rings. The Kier molecular flexibility index (Phi) is 3.96. The van der Waals surface area contributed by atoms with E-state index in [-0.39, 0.29) is 23.0 Å². The molecule has 1 saturated carbocycles. The van der Waals surface area contributed by atoms with Gasteiger partial charge in [-0.1, -0.05) is 12.1 Å². The zero-order valence-electron chi connectivity index (χ0n) is 11.0. The second-order valence-electron chi connectivity index (χ2n) is 5.37. The summed E-state index contributed by atoms with van der Waals surface area (Å²) in [6, 6.07) is 6.66. The fraction of sp³-hybridized carbons (Fsp3) is 0.538. The molecule has 2 rings (SSSR count). The maximum absolute atomic E-state index is 11.2. The number of benzene rings is 1. The predicted octanol–water partition coefficient (Wildman–Crippen LogP) is 0.757. The standard InChI is InChI=1S/C13H20N2O3S/c1-10(15-8-13(9-16)6-7-13)11-2-4-12(5-3-11)19(14,17)18/h2-5,10,15-16H,6-9H2,1H3,(H2,14,17,18). The molecular formula is C13H20N2O3S. The quantitative estimate of drug-likeness (QED) is 0.719. The molecule has 0 amide bonds. The van der Waals surface area contributed by atoms with Gasteiger partial charge >= 0.3 is 0 Å². The van der Waals surface area contributed by atoms with Crippen molar-refractivity contribution in [1.82, 2.24) is 5.32 Å². The number of rotatable bonds is 6. The third-order valence-corrected chi connectivity index (χ3v) is 4.71. The molecule has 0 heterocycles. The predicted molar refractivity (Wildman–Crippen MR) is 73.0 cm³/mol. The number of primary sulfonamides is 1. The van der Waals surface area contributed by atoms with Gasteiger partial charge in [0.2, 0.25) is 10.0 Å². The first-order valence-corrected chi connectivity index (χ1v) is 7.88. The van der Waals surface area contributed by atoms with Crippen LogP contribution in [0.25, 0.3) is 0 Å². The number of nitrogens with one attached hydrogen (secondary N) is 1. The Labute approximate surface area is 113 Å². The monoisotopic (exact) mass is 284 g/mol. The summed E-state index contributed by atoms with van der Waals surface area (Å²) in [5.41, 5.74) is 1.07. The Morgan fingerprint density at radius 1 is 1.37 bits per heavy atom. The highest BCUT2D eigenvalue weighted by molar-refractivity contribution is 7.89. The van der Waals surface area contributed by atoms with Crippen LogP contribution in [0.2, 0.25) is 0 Å². The van der Waals surface area contributed by atoms with Gasteiger partial charge in [0.25, 0.3) is 0 Å². The lowest BCUT2D eigenvalue weighted by Gasteiger charge is -2.18. The summed E-state index contributed by atoms with van der Waals surface area (Å²) in [6.07, 6.45) is 2.13. The second-order valence-corrected chi connectivity index (χ2v) is 6.94. The van der Waals surface area contributed by atoms with Crippen LogP contribution in [0.1, 0.15) is 31.4 Å². The van der Waals surface area contributed by atoms with Crippen molar-refractivity contribution in [2.24, 2.45) is 10.6 Å². The van der Waals surface area contributed by atoms with Gasteiger partial charge in [0, 0.05) is 24.6 Å². The molecular weight excluding hydrogens is 264 g/mol. The van der Waals surface area contributed by atoms with E-state index in [1.807, 2.05) is 6.92 Å². The van der Waals surface area contributed by atoms with E-state index >= 15 is 0 Å². The Morgan fingerprint density at radius 3 is 2.37 bits per heavy atom. The van der Waals surface area contributed by atoms with E-state index in [0.29, 0.717) is 0 Å². The van der Waals surface area contributed by atoms with Crippen molar-refractivity contribution in [2.75, 3.05) is 13.2 Å². The molecule has 0 aliphatic heterocycles. The third-order valence-electron chi connectivity index (χ3n) is 3.78. The summed E-state index contributed by atoms with van der Waals surface area (Å²) in [5.74, 6) is 0. The molecule has 19 heavy (non-hydrogen) atoms. The smallest absolute Gasteiger partial charge is 0.238 e. The SMILES string of the molecule is CC(NCC1(CO)CC1)c1ccc(S(N)(=O)=O)cc1. The van der Waals surface area contributed by atoms with Gasteiger partial charge in [-0.2, -0.15) is 0 Å². The topological polar surface area (TPSA) is 92.4 Å². The minimum atomic E-state index is -3.63. The molecule has 1 aromatic rings. The van der Waals surface area contributed by atoms with E-state index in [1.165, 1.54) is 12.1 Å². The molecule has 1 atom stereocenters. The summed E-state index contributed by atoms with van der Waals surface area (Å²) >= 11 is 0. The zero-order chi connectivity index (χ0) is 14.1. The molecule has 106 valence electrons. The van der Waals surface area contributed by atoms with Gasteiger partial charge in [0.05, 0.1) is 4.90 Å². The summed E-state index contributed by atoms with van der Waals surface area (Å²) in [4.78, 5) is 0.123. The molecule has 1 unspecified atom stereocenters. The lowest BCUT2D eigenvalue weighted by atomic mass is 10.1. The Bertz CT molecular complexity index is 536. The Hall–Kier alpha value is -0.950. The van der Waals surface area contributed by atoms with E-state index in [1.54, 1.807) is 12.1 Å². The van der Waals surface area contributed by atoms with Crippen LogP contribution in [-0.2, 0) is 10.0 Å². The van der Waals surface area contributed by atoms with Crippen molar-refractivity contribution in [3.8, 4) is 0 Å². The molecule has 6 heteroatoms. The van der Waals surface area contributed by atoms with E-state index in [0.717, 1.165) is 24.9 Å². The maximum atomic E-state index is 11.2. The summed E-state index contributed by atoms with van der Waals surface area (Å²) in [6.45, 7) is 3.01. The largest absolute Gasteiger partial charge is 0.396 e. The molecule has 0 bridgehead atoms. The van der Waals surface area contributed by atoms with Crippen LogP contribution in [0, 0.1) is 5.41 Å². The highest BCUT2D eigenvalue weighted by atomic mass is 32.2. The van der Waals surface area contributed by atoms with Gasteiger partial charge in [-0.25, -0.2) is 13.6 Å². The first-order valence-electron chi connectivity index (χ1n) is 6.33. The van der Waals surface area contributed by atoms with E-state index in [2.05, 4.69) is 5.32 Å². The van der Waals surface area contributed by atoms with E-state index < -0.39 is 10.0 Å². The van der Waals surface area contributed by atoms with Crippen LogP contribution in [0.3, 0.4) is 0 Å². The van der Waals surface area contributed by atoms with Crippen molar-refractivity contribution in [2.45, 2.75) is 30.7 Å². The first kappa shape index (κ1) is 14.5. The number of aliphatic hydroxyl groups excluding tert-OH is 1. The van der Waals surface area contributed by atoms with Crippen molar-refractivity contribution < 1.29 is 13.5 Å². The van der Waals surface area contributed by atoms with Crippen molar-refractivity contribution in [3.05, 3.63) is 29.8 Å². The van der Waals surface area contributed by atoms with E-state index in [9.17, 15) is 13.5 Å². The van der Waals surface area contributed by atoms with Crippen molar-refractivity contribution >= 4 is 10.0 Å². The second kappa shape index (κ2) is 5.20. The lowest BCUT2D eigenvalue weighted by molar-refractivity contribution is 0.204. The molecule has 1 fully saturated rings. The fourth-order valence-corrected chi connectivity index (χ4v) is 2.52. The molecule has 0 aromatic heterocycles. The summed E-state index contributed by atoms with van der Waals surface area (Å²) in [7, 11) is -3.63. The van der Waals surface area contributed by atoms with Gasteiger partial charge in [0.15, 0.2) is 0 Å². The molecule has 0 saturated heterocycles. The highest BCUT2D eigenvalue weighted by Gasteiger charge is 2.41. The average Bonchev–Trinajstić information content (AvgIpc) is 3.16. The first-order chi connectivity index (χ1) is 8.86. The molecule has 4 N–H and O–H groups in total. The van der Waals surface area contributed by atoms with Gasteiger partial charge in [0.1, 0.15) is 0 Å². The molecule has 1 aliphatic carbocycles. The van der Waals surface area contributed by atoms with Crippen LogP contribution >= 0.6 is 0 Å². The number of aliphatic hydroxyl groups is 1. The zero-order valence-corrected chi connectivity index (χ0v) is 11.8. The molecule has 0 radical (unpaired) electrons. The van der Waals surface area contributed by atoms with Crippen LogP contribution in [0.4, 0.5) is 0 Å². The average molecular weight is 284 g/mol. The molecule has 5 nitrogen and oxygen atoms in total. The van der Waals surface area contributed by atoms with Crippen LogP contribution in [0.15, 0.2) is 29.2 Å². The number of hydrogen-bond acceptors (Lipinski definition) is 4. The third kappa shape index (κ3) is 3.54. The number of sulfonamides is 1. The van der Waals surface area contributed by atoms with Gasteiger partial charge in [-0.3, -0.25) is 0 Å². The minimum Gasteiger partial charge on any atom is -0.396 e. The summed E-state index contributed by atoms with van der Waals surface area (Å²) < 4.78 is 22.3. The fourth-order valence-electron chi connectivity index (χ4n) is 2.00. The minimum absolute atomic E-state index is 0.0643. The lowest BCUT2D eigenvalue weighted by Crippen LogP contribution is -2.28. The van der Waals surface area contributed by atoms with Crippen LogP contribution in [-0.4, -0.2) is 26.7 Å². The van der Waals surface area contributed by atoms with Crippen LogP contribution < -0.4 is 10.5 Å². The van der Waals surface area contributed by atoms with Crippen molar-refractivity contribution in [1.29, 1.82) is 0 Å². The van der Waals surface area contributed by atoms with E-state index in [4.69, 9.17) is 5.14 Å². The normalized spacial score (nSPS) is 19.1.